The summed E-state index contributed by atoms with van der Waals surface area (Å²) in [5, 5.41) is 10.9. The molecule has 15 unspecified atom stereocenters. The Balaban J connectivity index is 2.28. The SMILES string of the molecule is CC(=O)OCC1OC(O)C(OC(C)=O)C(OC(C)=O)C1OC1OC(COC(C)=O)C(OC2OC(COC(C)=O)C(OC(C)=O)C(OC(C)=O)C2OC(C)=O)C(OC(C)=O)C1OC(C)=O. The van der Waals surface area contributed by atoms with Crippen LogP contribution in [-0.4, -0.2) is 177 Å². The van der Waals surface area contributed by atoms with Crippen LogP contribution in [0.25, 0.3) is 0 Å². The number of aliphatic hydroxyl groups excluding tert-OH is 1. The highest BCUT2D eigenvalue weighted by molar-refractivity contribution is 5.70. The van der Waals surface area contributed by atoms with Gasteiger partial charge in [0.1, 0.15) is 50.3 Å². The van der Waals surface area contributed by atoms with Gasteiger partial charge in [0, 0.05) is 69.2 Å². The molecule has 0 bridgehead atoms. The van der Waals surface area contributed by atoms with Gasteiger partial charge in [-0.1, -0.05) is 0 Å². The van der Waals surface area contributed by atoms with Crippen molar-refractivity contribution in [3.05, 3.63) is 0 Å². The molecule has 3 aliphatic rings. The minimum absolute atomic E-state index is 0.681. The Hall–Kier alpha value is -5.54. The van der Waals surface area contributed by atoms with Crippen LogP contribution >= 0.6 is 0 Å². The lowest BCUT2D eigenvalue weighted by Gasteiger charge is -2.50. The van der Waals surface area contributed by atoms with E-state index in [-0.39, 0.29) is 0 Å². The predicted molar refractivity (Wildman–Crippen MR) is 197 cm³/mol. The minimum atomic E-state index is -2.02. The molecule has 0 aromatic rings. The molecule has 360 valence electrons. The van der Waals surface area contributed by atoms with Crippen molar-refractivity contribution < 1.29 is 124 Å². The van der Waals surface area contributed by atoms with E-state index in [0.29, 0.717) is 0 Å². The first-order valence-corrected chi connectivity index (χ1v) is 19.4. The average molecular weight is 925 g/mol. The minimum Gasteiger partial charge on any atom is -0.463 e. The van der Waals surface area contributed by atoms with Crippen LogP contribution in [-0.2, 0) is 119 Å². The maximum atomic E-state index is 12.9. The van der Waals surface area contributed by atoms with Crippen LogP contribution in [0.5, 0.6) is 0 Å². The van der Waals surface area contributed by atoms with Crippen LogP contribution in [0, 0.1) is 0 Å². The normalized spacial score (nSPS) is 32.3. The van der Waals surface area contributed by atoms with E-state index in [1.54, 1.807) is 0 Å². The van der Waals surface area contributed by atoms with Crippen molar-refractivity contribution in [1.29, 1.82) is 0 Å². The zero-order chi connectivity index (χ0) is 48.2. The first-order valence-electron chi connectivity index (χ1n) is 19.4. The summed E-state index contributed by atoms with van der Waals surface area (Å²) in [4.78, 5) is 124. The van der Waals surface area contributed by atoms with E-state index in [0.717, 1.165) is 69.2 Å². The third kappa shape index (κ3) is 15.6. The summed E-state index contributed by atoms with van der Waals surface area (Å²) >= 11 is 0. The molecule has 0 aromatic carbocycles. The van der Waals surface area contributed by atoms with E-state index in [9.17, 15) is 53.1 Å². The molecule has 0 aliphatic carbocycles. The molecular weight excluding hydrogens is 872 g/mol. The van der Waals surface area contributed by atoms with Crippen molar-refractivity contribution in [3.63, 3.8) is 0 Å². The summed E-state index contributed by atoms with van der Waals surface area (Å²) in [5.74, 6) is -9.61. The van der Waals surface area contributed by atoms with Gasteiger partial charge in [-0.05, 0) is 0 Å². The molecule has 26 heteroatoms. The standard InChI is InChI=1S/C38H52O26/c1-14(39)50-11-24-28(30(54-18(5)43)33(36(49)60-24)57-21(8)46)63-38-35(59-23(10)48)32(56-20(7)45)29(26(62-38)13-52-16(3)41)64-37-34(58-22(9)47)31(55-19(6)44)27(53-17(4)42)25(61-37)12-51-15(2)40/h24-38,49H,11-13H2,1-10H3. The second-order valence-electron chi connectivity index (χ2n) is 14.3. The van der Waals surface area contributed by atoms with Crippen LogP contribution in [0.4, 0.5) is 0 Å². The highest BCUT2D eigenvalue weighted by atomic mass is 16.8. The van der Waals surface area contributed by atoms with Gasteiger partial charge >= 0.3 is 59.7 Å². The lowest BCUT2D eigenvalue weighted by molar-refractivity contribution is -0.378. The van der Waals surface area contributed by atoms with Gasteiger partial charge in [-0.2, -0.15) is 0 Å². The third-order valence-electron chi connectivity index (χ3n) is 8.84. The fraction of sp³-hybridized carbons (Fsp3) is 0.737. The Kier molecular flexibility index (Phi) is 19.8. The fourth-order valence-corrected chi connectivity index (χ4v) is 6.77. The summed E-state index contributed by atoms with van der Waals surface area (Å²) in [5.41, 5.74) is 0. The molecule has 0 amide bonds. The van der Waals surface area contributed by atoms with Gasteiger partial charge in [0.25, 0.3) is 0 Å². The number of rotatable bonds is 17. The topological polar surface area (TPSA) is 329 Å². The molecule has 3 aliphatic heterocycles. The Morgan fingerprint density at radius 2 is 0.578 bits per heavy atom. The van der Waals surface area contributed by atoms with E-state index in [1.807, 2.05) is 0 Å². The zero-order valence-corrected chi connectivity index (χ0v) is 36.4. The highest BCUT2D eigenvalue weighted by Crippen LogP contribution is 2.38. The number of hydrogen-bond acceptors (Lipinski definition) is 26. The summed E-state index contributed by atoms with van der Waals surface area (Å²) in [6.07, 6.45) is -27.2. The lowest BCUT2D eigenvalue weighted by atomic mass is 9.95. The highest BCUT2D eigenvalue weighted by Gasteiger charge is 2.59. The maximum absolute atomic E-state index is 12.9. The molecular formula is C38H52O26. The van der Waals surface area contributed by atoms with E-state index < -0.39 is 172 Å². The van der Waals surface area contributed by atoms with E-state index in [4.69, 9.17) is 71.1 Å². The van der Waals surface area contributed by atoms with Crippen molar-refractivity contribution in [3.8, 4) is 0 Å². The number of carbonyl (C=O) groups is 10. The molecule has 3 fully saturated rings. The Labute approximate surface area is 364 Å². The van der Waals surface area contributed by atoms with Crippen LogP contribution in [0.2, 0.25) is 0 Å². The molecule has 3 rings (SSSR count). The molecule has 1 N–H and O–H groups in total. The first-order chi connectivity index (χ1) is 29.9. The lowest BCUT2D eigenvalue weighted by Crippen LogP contribution is -2.68. The molecule has 0 aromatic heterocycles. The van der Waals surface area contributed by atoms with Crippen LogP contribution in [0.1, 0.15) is 69.2 Å². The van der Waals surface area contributed by atoms with Crippen molar-refractivity contribution in [2.75, 3.05) is 19.8 Å². The second-order valence-corrected chi connectivity index (χ2v) is 14.3. The summed E-state index contributed by atoms with van der Waals surface area (Å²) in [6, 6.07) is 0. The van der Waals surface area contributed by atoms with E-state index >= 15 is 0 Å². The smallest absolute Gasteiger partial charge is 0.303 e. The molecule has 3 saturated heterocycles. The van der Waals surface area contributed by atoms with E-state index in [2.05, 4.69) is 0 Å². The summed E-state index contributed by atoms with van der Waals surface area (Å²) in [6.45, 7) is 7.65. The molecule has 64 heavy (non-hydrogen) atoms. The summed E-state index contributed by atoms with van der Waals surface area (Å²) in [7, 11) is 0. The average Bonchev–Trinajstić information content (AvgIpc) is 3.15. The number of carbonyl (C=O) groups excluding carboxylic acids is 10. The van der Waals surface area contributed by atoms with E-state index in [1.165, 1.54) is 0 Å². The quantitative estimate of drug-likeness (QED) is 0.123. The van der Waals surface area contributed by atoms with Crippen molar-refractivity contribution >= 4 is 59.7 Å². The molecule has 26 nitrogen and oxygen atoms in total. The maximum Gasteiger partial charge on any atom is 0.303 e. The molecule has 0 spiro atoms. The summed E-state index contributed by atoms with van der Waals surface area (Å²) < 4.78 is 84.2. The van der Waals surface area contributed by atoms with Crippen molar-refractivity contribution in [2.24, 2.45) is 0 Å². The van der Waals surface area contributed by atoms with Gasteiger partial charge in [0.2, 0.25) is 0 Å². The van der Waals surface area contributed by atoms with Gasteiger partial charge in [-0.25, -0.2) is 0 Å². The predicted octanol–water partition coefficient (Wildman–Crippen LogP) is -1.86. The number of hydrogen-bond donors (Lipinski definition) is 1. The van der Waals surface area contributed by atoms with Crippen LogP contribution < -0.4 is 0 Å². The Bertz CT molecular complexity index is 1730. The second kappa shape index (κ2) is 23.9. The zero-order valence-electron chi connectivity index (χ0n) is 36.4. The van der Waals surface area contributed by atoms with Crippen molar-refractivity contribution in [2.45, 2.75) is 161 Å². The number of aliphatic hydroxyl groups is 1. The molecule has 15 atom stereocenters. The Morgan fingerprint density at radius 1 is 0.328 bits per heavy atom. The van der Waals surface area contributed by atoms with Gasteiger partial charge < -0.3 is 76.2 Å². The van der Waals surface area contributed by atoms with Gasteiger partial charge in [-0.3, -0.25) is 47.9 Å². The molecule has 0 radical (unpaired) electrons. The fourth-order valence-electron chi connectivity index (χ4n) is 6.77. The molecule has 0 saturated carbocycles. The number of esters is 10. The Morgan fingerprint density at radius 3 is 0.906 bits per heavy atom. The largest absolute Gasteiger partial charge is 0.463 e. The van der Waals surface area contributed by atoms with Crippen LogP contribution in [0.15, 0.2) is 0 Å². The van der Waals surface area contributed by atoms with Gasteiger partial charge in [0.05, 0.1) is 0 Å². The first kappa shape index (κ1) is 52.8. The van der Waals surface area contributed by atoms with Gasteiger partial charge in [-0.15, -0.1) is 0 Å². The monoisotopic (exact) mass is 924 g/mol. The third-order valence-corrected chi connectivity index (χ3v) is 8.84. The van der Waals surface area contributed by atoms with Crippen molar-refractivity contribution in [1.82, 2.24) is 0 Å². The van der Waals surface area contributed by atoms with Crippen LogP contribution in [0.3, 0.4) is 0 Å². The van der Waals surface area contributed by atoms with Gasteiger partial charge in [0.15, 0.2) is 61.6 Å². The number of ether oxygens (including phenoxy) is 15. The molecule has 3 heterocycles.